The number of hydrogen-bond donors (Lipinski definition) is 1. The summed E-state index contributed by atoms with van der Waals surface area (Å²) in [6.45, 7) is 0. The molecule has 17 heavy (non-hydrogen) atoms. The molecule has 0 fully saturated rings. The van der Waals surface area contributed by atoms with E-state index in [4.69, 9.17) is 5.73 Å². The summed E-state index contributed by atoms with van der Waals surface area (Å²) in [7, 11) is -3.47. The van der Waals surface area contributed by atoms with Crippen LogP contribution in [0.15, 0.2) is 39.9 Å². The van der Waals surface area contributed by atoms with Gasteiger partial charge in [-0.05, 0) is 23.6 Å². The van der Waals surface area contributed by atoms with E-state index in [0.717, 1.165) is 17.4 Å². The minimum Gasteiger partial charge on any atom is -0.399 e. The van der Waals surface area contributed by atoms with Crippen LogP contribution in [0.5, 0.6) is 0 Å². The molecule has 2 rings (SSSR count). The quantitative estimate of drug-likeness (QED) is 0.872. The van der Waals surface area contributed by atoms with Crippen molar-refractivity contribution in [2.75, 3.05) is 5.73 Å². The number of sulfone groups is 1. The highest BCUT2D eigenvalue weighted by Crippen LogP contribution is 2.23. The maximum absolute atomic E-state index is 13.5. The summed E-state index contributed by atoms with van der Waals surface area (Å²) in [5.41, 5.74) is 5.81. The van der Waals surface area contributed by atoms with Crippen molar-refractivity contribution in [1.82, 2.24) is 0 Å². The molecule has 0 amide bonds. The van der Waals surface area contributed by atoms with Gasteiger partial charge in [0.2, 0.25) is 0 Å². The lowest BCUT2D eigenvalue weighted by atomic mass is 10.2. The molecule has 2 aromatic rings. The normalized spacial score (nSPS) is 11.6. The Morgan fingerprint density at radius 3 is 2.65 bits per heavy atom. The van der Waals surface area contributed by atoms with Crippen LogP contribution in [-0.4, -0.2) is 8.42 Å². The first-order valence-electron chi connectivity index (χ1n) is 4.79. The molecule has 0 bridgehead atoms. The zero-order valence-electron chi connectivity index (χ0n) is 8.76. The van der Waals surface area contributed by atoms with Crippen molar-refractivity contribution < 1.29 is 12.8 Å². The molecule has 6 heteroatoms. The molecule has 1 heterocycles. The van der Waals surface area contributed by atoms with Gasteiger partial charge in [-0.3, -0.25) is 0 Å². The smallest absolute Gasteiger partial charge is 0.191 e. The van der Waals surface area contributed by atoms with Crippen LogP contribution in [0.3, 0.4) is 0 Å². The Morgan fingerprint density at radius 2 is 2.06 bits per heavy atom. The summed E-state index contributed by atoms with van der Waals surface area (Å²) >= 11 is 1.12. The van der Waals surface area contributed by atoms with E-state index in [1.807, 2.05) is 0 Å². The fourth-order valence-electron chi connectivity index (χ4n) is 1.40. The van der Waals surface area contributed by atoms with E-state index < -0.39 is 15.7 Å². The van der Waals surface area contributed by atoms with Crippen molar-refractivity contribution in [2.45, 2.75) is 9.96 Å². The third-order valence-corrected chi connectivity index (χ3v) is 5.38. The first-order valence-corrected chi connectivity index (χ1v) is 7.32. The SMILES string of the molecule is Nc1ccc(CS(=O)(=O)c2cccs2)c(F)c1. The third-order valence-electron chi connectivity index (χ3n) is 2.22. The first-order chi connectivity index (χ1) is 7.99. The molecule has 1 aromatic heterocycles. The Labute approximate surface area is 103 Å². The minimum atomic E-state index is -3.47. The fourth-order valence-corrected chi connectivity index (χ4v) is 3.85. The molecular weight excluding hydrogens is 261 g/mol. The zero-order valence-corrected chi connectivity index (χ0v) is 10.4. The predicted molar refractivity (Wildman–Crippen MR) is 66.0 cm³/mol. The van der Waals surface area contributed by atoms with Crippen LogP contribution in [0.2, 0.25) is 0 Å². The molecule has 0 aliphatic carbocycles. The number of anilines is 1. The number of benzene rings is 1. The van der Waals surface area contributed by atoms with Crippen molar-refractivity contribution in [3.05, 3.63) is 47.1 Å². The Morgan fingerprint density at radius 1 is 1.29 bits per heavy atom. The van der Waals surface area contributed by atoms with E-state index in [1.165, 1.54) is 18.2 Å². The fraction of sp³-hybridized carbons (Fsp3) is 0.0909. The molecule has 0 aliphatic heterocycles. The van der Waals surface area contributed by atoms with E-state index in [-0.39, 0.29) is 21.2 Å². The van der Waals surface area contributed by atoms with E-state index in [0.29, 0.717) is 0 Å². The van der Waals surface area contributed by atoms with Gasteiger partial charge in [-0.15, -0.1) is 11.3 Å². The van der Waals surface area contributed by atoms with E-state index in [1.54, 1.807) is 11.4 Å². The average Bonchev–Trinajstić information content (AvgIpc) is 2.76. The van der Waals surface area contributed by atoms with E-state index >= 15 is 0 Å². The van der Waals surface area contributed by atoms with Gasteiger partial charge in [0.05, 0.1) is 5.75 Å². The third kappa shape index (κ3) is 2.65. The maximum Gasteiger partial charge on any atom is 0.191 e. The Balaban J connectivity index is 2.33. The molecule has 0 saturated heterocycles. The summed E-state index contributed by atoms with van der Waals surface area (Å²) in [5.74, 6) is -0.940. The minimum absolute atomic E-state index is 0.132. The Hall–Kier alpha value is -1.40. The summed E-state index contributed by atoms with van der Waals surface area (Å²) in [5, 5.41) is 1.67. The number of hydrogen-bond acceptors (Lipinski definition) is 4. The van der Waals surface area contributed by atoms with Gasteiger partial charge in [-0.1, -0.05) is 12.1 Å². The van der Waals surface area contributed by atoms with E-state index in [9.17, 15) is 12.8 Å². The Kier molecular flexibility index (Phi) is 3.17. The molecule has 3 nitrogen and oxygen atoms in total. The molecule has 90 valence electrons. The topological polar surface area (TPSA) is 60.2 Å². The van der Waals surface area contributed by atoms with Crippen LogP contribution >= 0.6 is 11.3 Å². The standard InChI is InChI=1S/C11H10FNO2S2/c12-10-6-9(13)4-3-8(10)7-17(14,15)11-2-1-5-16-11/h1-6H,7,13H2. The highest BCUT2D eigenvalue weighted by Gasteiger charge is 2.18. The highest BCUT2D eigenvalue weighted by molar-refractivity contribution is 7.92. The van der Waals surface area contributed by atoms with Crippen LogP contribution in [0.25, 0.3) is 0 Å². The number of rotatable bonds is 3. The summed E-state index contributed by atoms with van der Waals surface area (Å²) in [4.78, 5) is 0. The molecule has 2 N–H and O–H groups in total. The van der Waals surface area contributed by atoms with Gasteiger partial charge in [0.1, 0.15) is 10.0 Å². The van der Waals surface area contributed by atoms with Crippen molar-refractivity contribution in [3.63, 3.8) is 0 Å². The van der Waals surface area contributed by atoms with Gasteiger partial charge in [0, 0.05) is 11.3 Å². The van der Waals surface area contributed by atoms with Crippen LogP contribution < -0.4 is 5.73 Å². The lowest BCUT2D eigenvalue weighted by Gasteiger charge is -2.04. The second kappa shape index (κ2) is 4.46. The molecule has 0 atom stereocenters. The van der Waals surface area contributed by atoms with Gasteiger partial charge in [-0.25, -0.2) is 12.8 Å². The maximum atomic E-state index is 13.5. The van der Waals surface area contributed by atoms with Gasteiger partial charge < -0.3 is 5.73 Å². The monoisotopic (exact) mass is 271 g/mol. The number of nitrogen functional groups attached to an aromatic ring is 1. The molecule has 1 aromatic carbocycles. The van der Waals surface area contributed by atoms with E-state index in [2.05, 4.69) is 0 Å². The number of nitrogens with two attached hydrogens (primary N) is 1. The zero-order chi connectivity index (χ0) is 12.5. The van der Waals surface area contributed by atoms with Crippen molar-refractivity contribution in [1.29, 1.82) is 0 Å². The second-order valence-electron chi connectivity index (χ2n) is 3.54. The first kappa shape index (κ1) is 12.1. The van der Waals surface area contributed by atoms with Gasteiger partial charge in [-0.2, -0.15) is 0 Å². The van der Waals surface area contributed by atoms with Gasteiger partial charge in [0.15, 0.2) is 9.84 Å². The van der Waals surface area contributed by atoms with Gasteiger partial charge in [0.25, 0.3) is 0 Å². The van der Waals surface area contributed by atoms with Crippen LogP contribution in [0.4, 0.5) is 10.1 Å². The number of halogens is 1. The Bertz CT molecular complexity index is 621. The van der Waals surface area contributed by atoms with Crippen LogP contribution in [-0.2, 0) is 15.6 Å². The number of thiophene rings is 1. The predicted octanol–water partition coefficient (Wildman–Crippen LogP) is 2.44. The molecule has 0 radical (unpaired) electrons. The van der Waals surface area contributed by atoms with Crippen LogP contribution in [0.1, 0.15) is 5.56 Å². The molecular formula is C11H10FNO2S2. The largest absolute Gasteiger partial charge is 0.399 e. The molecule has 0 spiro atoms. The molecule has 0 unspecified atom stereocenters. The summed E-state index contributed by atoms with van der Waals surface area (Å²) in [6.07, 6.45) is 0. The average molecular weight is 271 g/mol. The van der Waals surface area contributed by atoms with Crippen LogP contribution in [0, 0.1) is 5.82 Å². The van der Waals surface area contributed by atoms with Gasteiger partial charge >= 0.3 is 0 Å². The molecule has 0 aliphatic rings. The van der Waals surface area contributed by atoms with Crippen molar-refractivity contribution in [2.24, 2.45) is 0 Å². The lowest BCUT2D eigenvalue weighted by molar-refractivity contribution is 0.589. The summed E-state index contributed by atoms with van der Waals surface area (Å²) in [6, 6.07) is 7.17. The summed E-state index contributed by atoms with van der Waals surface area (Å²) < 4.78 is 37.6. The second-order valence-corrected chi connectivity index (χ2v) is 6.71. The lowest BCUT2D eigenvalue weighted by Crippen LogP contribution is -2.05. The molecule has 0 saturated carbocycles. The van der Waals surface area contributed by atoms with Crippen molar-refractivity contribution >= 4 is 26.9 Å². The van der Waals surface area contributed by atoms with Crippen molar-refractivity contribution in [3.8, 4) is 0 Å². The highest BCUT2D eigenvalue weighted by atomic mass is 32.2.